The molecule has 72 valence electrons. The number of rotatable bonds is 2. The van der Waals surface area contributed by atoms with E-state index >= 15 is 0 Å². The molecule has 0 aliphatic rings. The lowest BCUT2D eigenvalue weighted by Gasteiger charge is -2.03. The summed E-state index contributed by atoms with van der Waals surface area (Å²) in [6.07, 6.45) is 5.24. The van der Waals surface area contributed by atoms with Crippen molar-refractivity contribution in [1.29, 1.82) is 0 Å². The number of nitrogens with two attached hydrogens (primary N) is 1. The highest BCUT2D eigenvalue weighted by molar-refractivity contribution is 5.16. The fraction of sp³-hybridized carbons (Fsp3) is 0.222. The van der Waals surface area contributed by atoms with Crippen LogP contribution < -0.4 is 5.73 Å². The molecule has 0 radical (unpaired) electrons. The third kappa shape index (κ3) is 1.49. The van der Waals surface area contributed by atoms with Gasteiger partial charge in [0.2, 0.25) is 5.95 Å². The van der Waals surface area contributed by atoms with Gasteiger partial charge in [0, 0.05) is 25.1 Å². The second-order valence-electron chi connectivity index (χ2n) is 2.90. The van der Waals surface area contributed by atoms with Crippen LogP contribution in [0.2, 0.25) is 0 Å². The lowest BCUT2D eigenvalue weighted by molar-refractivity contribution is 0.850. The summed E-state index contributed by atoms with van der Waals surface area (Å²) in [4.78, 5) is 12.5. The van der Waals surface area contributed by atoms with Crippen LogP contribution in [0.3, 0.4) is 0 Å². The highest BCUT2D eigenvalue weighted by Gasteiger charge is 2.03. The van der Waals surface area contributed by atoms with Crippen molar-refractivity contribution >= 4 is 0 Å². The molecule has 0 amide bonds. The minimum absolute atomic E-state index is 0.420. The standard InChI is InChI=1S/C9H11N5/c1-7-11-4-5-14(7)9-12-3-2-8(6-10)13-9/h2-5H,6,10H2,1H3. The molecule has 0 aromatic carbocycles. The van der Waals surface area contributed by atoms with Crippen molar-refractivity contribution in [2.75, 3.05) is 0 Å². The van der Waals surface area contributed by atoms with Gasteiger partial charge >= 0.3 is 0 Å². The van der Waals surface area contributed by atoms with Crippen molar-refractivity contribution in [3.63, 3.8) is 0 Å². The van der Waals surface area contributed by atoms with Crippen LogP contribution in [0.5, 0.6) is 0 Å². The molecule has 2 aromatic heterocycles. The minimum atomic E-state index is 0.420. The largest absolute Gasteiger partial charge is 0.325 e. The lowest BCUT2D eigenvalue weighted by atomic mass is 10.4. The third-order valence-electron chi connectivity index (χ3n) is 1.95. The molecular weight excluding hydrogens is 178 g/mol. The molecule has 0 spiro atoms. The van der Waals surface area contributed by atoms with Gasteiger partial charge in [0.15, 0.2) is 0 Å². The van der Waals surface area contributed by atoms with Gasteiger partial charge in [-0.05, 0) is 13.0 Å². The Morgan fingerprint density at radius 1 is 1.36 bits per heavy atom. The van der Waals surface area contributed by atoms with Gasteiger partial charge in [-0.2, -0.15) is 0 Å². The predicted octanol–water partition coefficient (Wildman–Crippen LogP) is 0.429. The van der Waals surface area contributed by atoms with E-state index in [1.54, 1.807) is 18.5 Å². The van der Waals surface area contributed by atoms with Crippen molar-refractivity contribution in [2.45, 2.75) is 13.5 Å². The molecule has 14 heavy (non-hydrogen) atoms. The van der Waals surface area contributed by atoms with Crippen LogP contribution in [0.1, 0.15) is 11.5 Å². The molecule has 0 bridgehead atoms. The Bertz CT molecular complexity index is 434. The van der Waals surface area contributed by atoms with Crippen LogP contribution in [0, 0.1) is 6.92 Å². The quantitative estimate of drug-likeness (QED) is 0.743. The normalized spacial score (nSPS) is 10.4. The Morgan fingerprint density at radius 3 is 2.86 bits per heavy atom. The summed E-state index contributed by atoms with van der Waals surface area (Å²) in [6.45, 7) is 2.32. The maximum Gasteiger partial charge on any atom is 0.235 e. The molecule has 2 rings (SSSR count). The molecule has 0 fully saturated rings. The zero-order chi connectivity index (χ0) is 9.97. The highest BCUT2D eigenvalue weighted by Crippen LogP contribution is 2.04. The number of hydrogen-bond donors (Lipinski definition) is 1. The highest BCUT2D eigenvalue weighted by atomic mass is 15.2. The number of imidazole rings is 1. The van der Waals surface area contributed by atoms with E-state index < -0.39 is 0 Å². The summed E-state index contributed by atoms with van der Waals surface area (Å²) in [5.41, 5.74) is 6.32. The summed E-state index contributed by atoms with van der Waals surface area (Å²) >= 11 is 0. The van der Waals surface area contributed by atoms with Crippen LogP contribution in [0.15, 0.2) is 24.7 Å². The summed E-state index contributed by atoms with van der Waals surface area (Å²) in [6, 6.07) is 1.80. The topological polar surface area (TPSA) is 69.6 Å². The molecule has 0 aliphatic carbocycles. The average Bonchev–Trinajstić information content (AvgIpc) is 2.65. The van der Waals surface area contributed by atoms with Gasteiger partial charge in [-0.1, -0.05) is 0 Å². The first-order chi connectivity index (χ1) is 6.81. The maximum atomic E-state index is 5.49. The van der Waals surface area contributed by atoms with Crippen LogP contribution in [0.25, 0.3) is 5.95 Å². The maximum absolute atomic E-state index is 5.49. The molecule has 0 saturated heterocycles. The van der Waals surface area contributed by atoms with Crippen molar-refractivity contribution in [3.8, 4) is 5.95 Å². The predicted molar refractivity (Wildman–Crippen MR) is 51.8 cm³/mol. The lowest BCUT2D eigenvalue weighted by Crippen LogP contribution is -2.06. The Balaban J connectivity index is 2.47. The van der Waals surface area contributed by atoms with Crippen molar-refractivity contribution in [3.05, 3.63) is 36.2 Å². The molecule has 5 nitrogen and oxygen atoms in total. The molecule has 0 aliphatic heterocycles. The third-order valence-corrected chi connectivity index (χ3v) is 1.95. The molecule has 5 heteroatoms. The molecule has 2 heterocycles. The molecule has 0 atom stereocenters. The fourth-order valence-corrected chi connectivity index (χ4v) is 1.20. The Morgan fingerprint density at radius 2 is 2.21 bits per heavy atom. The molecule has 0 saturated carbocycles. The van der Waals surface area contributed by atoms with Crippen LogP contribution in [-0.4, -0.2) is 19.5 Å². The summed E-state index contributed by atoms with van der Waals surface area (Å²) in [5.74, 6) is 1.47. The Kier molecular flexibility index (Phi) is 2.24. The van der Waals surface area contributed by atoms with Crippen LogP contribution in [0.4, 0.5) is 0 Å². The van der Waals surface area contributed by atoms with E-state index in [0.29, 0.717) is 12.5 Å². The number of aromatic nitrogens is 4. The van der Waals surface area contributed by atoms with E-state index in [1.165, 1.54) is 0 Å². The van der Waals surface area contributed by atoms with E-state index in [0.717, 1.165) is 11.5 Å². The second-order valence-corrected chi connectivity index (χ2v) is 2.90. The number of aryl methyl sites for hydroxylation is 1. The summed E-state index contributed by atoms with van der Waals surface area (Å²) in [5, 5.41) is 0. The van der Waals surface area contributed by atoms with Crippen molar-refractivity contribution < 1.29 is 0 Å². The van der Waals surface area contributed by atoms with Crippen LogP contribution in [-0.2, 0) is 6.54 Å². The summed E-state index contributed by atoms with van der Waals surface area (Å²) in [7, 11) is 0. The fourth-order valence-electron chi connectivity index (χ4n) is 1.20. The number of nitrogens with zero attached hydrogens (tertiary/aromatic N) is 4. The van der Waals surface area contributed by atoms with Gasteiger partial charge in [-0.25, -0.2) is 15.0 Å². The zero-order valence-electron chi connectivity index (χ0n) is 7.88. The van der Waals surface area contributed by atoms with Gasteiger partial charge in [0.25, 0.3) is 0 Å². The van der Waals surface area contributed by atoms with E-state index in [-0.39, 0.29) is 0 Å². The zero-order valence-corrected chi connectivity index (χ0v) is 7.88. The first-order valence-electron chi connectivity index (χ1n) is 4.33. The van der Waals surface area contributed by atoms with Gasteiger partial charge in [0.05, 0.1) is 5.69 Å². The monoisotopic (exact) mass is 189 g/mol. The minimum Gasteiger partial charge on any atom is -0.325 e. The summed E-state index contributed by atoms with van der Waals surface area (Å²) < 4.78 is 1.82. The van der Waals surface area contributed by atoms with Crippen molar-refractivity contribution in [1.82, 2.24) is 19.5 Å². The van der Waals surface area contributed by atoms with Crippen LogP contribution >= 0.6 is 0 Å². The van der Waals surface area contributed by atoms with Crippen molar-refractivity contribution in [2.24, 2.45) is 5.73 Å². The van der Waals surface area contributed by atoms with E-state index in [9.17, 15) is 0 Å². The SMILES string of the molecule is Cc1nccn1-c1nccc(CN)n1. The molecule has 2 N–H and O–H groups in total. The van der Waals surface area contributed by atoms with Gasteiger partial charge in [0.1, 0.15) is 5.82 Å². The molecular formula is C9H11N5. The smallest absolute Gasteiger partial charge is 0.235 e. The number of hydrogen-bond acceptors (Lipinski definition) is 4. The van der Waals surface area contributed by atoms with E-state index in [2.05, 4.69) is 15.0 Å². The Labute approximate surface area is 81.6 Å². The first-order valence-corrected chi connectivity index (χ1v) is 4.33. The molecule has 2 aromatic rings. The Hall–Kier alpha value is -1.75. The van der Waals surface area contributed by atoms with Gasteiger partial charge in [-0.15, -0.1) is 0 Å². The van der Waals surface area contributed by atoms with E-state index in [1.807, 2.05) is 17.7 Å². The molecule has 0 unspecified atom stereocenters. The average molecular weight is 189 g/mol. The van der Waals surface area contributed by atoms with Gasteiger partial charge < -0.3 is 5.73 Å². The first kappa shape index (κ1) is 8.83. The second kappa shape index (κ2) is 3.55. The van der Waals surface area contributed by atoms with Gasteiger partial charge in [-0.3, -0.25) is 4.57 Å². The van der Waals surface area contributed by atoms with E-state index in [4.69, 9.17) is 5.73 Å².